The predicted octanol–water partition coefficient (Wildman–Crippen LogP) is 3.06. The van der Waals surface area contributed by atoms with Gasteiger partial charge in [0, 0.05) is 12.0 Å². The van der Waals surface area contributed by atoms with Crippen LogP contribution in [0.25, 0.3) is 11.5 Å². The number of carboxylic acid groups (broad SMARTS) is 1. The van der Waals surface area contributed by atoms with Gasteiger partial charge in [-0.2, -0.15) is 0 Å². The normalized spacial score (nSPS) is 10.5. The summed E-state index contributed by atoms with van der Waals surface area (Å²) in [5.41, 5.74) is 2.92. The van der Waals surface area contributed by atoms with Gasteiger partial charge in [-0.25, -0.2) is 4.98 Å². The van der Waals surface area contributed by atoms with Crippen LogP contribution in [0.2, 0.25) is 0 Å². The first-order valence-corrected chi connectivity index (χ1v) is 5.88. The fraction of sp³-hybridized carbons (Fsp3) is 0.286. The van der Waals surface area contributed by atoms with E-state index >= 15 is 0 Å². The number of carbonyl (C=O) groups is 1. The largest absolute Gasteiger partial charge is 0.481 e. The Kier molecular flexibility index (Phi) is 3.77. The Labute approximate surface area is 105 Å². The third-order valence-corrected chi connectivity index (χ3v) is 2.68. The summed E-state index contributed by atoms with van der Waals surface area (Å²) < 4.78 is 5.31. The SMILES string of the molecule is Cc1coc(-c2ccc(CCCC(=O)O)cc2)n1. The molecule has 0 atom stereocenters. The van der Waals surface area contributed by atoms with Crippen molar-refractivity contribution in [2.75, 3.05) is 0 Å². The molecule has 0 fully saturated rings. The predicted molar refractivity (Wildman–Crippen MR) is 67.2 cm³/mol. The molecule has 0 aliphatic carbocycles. The molecule has 18 heavy (non-hydrogen) atoms. The molecular weight excluding hydrogens is 230 g/mol. The smallest absolute Gasteiger partial charge is 0.303 e. The van der Waals surface area contributed by atoms with E-state index in [4.69, 9.17) is 9.52 Å². The first kappa shape index (κ1) is 12.4. The maximum atomic E-state index is 10.4. The second kappa shape index (κ2) is 5.49. The van der Waals surface area contributed by atoms with Crippen molar-refractivity contribution in [3.05, 3.63) is 41.8 Å². The number of hydrogen-bond donors (Lipinski definition) is 1. The zero-order valence-electron chi connectivity index (χ0n) is 10.2. The van der Waals surface area contributed by atoms with Crippen LogP contribution in [0.15, 0.2) is 34.9 Å². The monoisotopic (exact) mass is 245 g/mol. The molecule has 0 spiro atoms. The summed E-state index contributed by atoms with van der Waals surface area (Å²) in [4.78, 5) is 14.7. The fourth-order valence-electron chi connectivity index (χ4n) is 1.74. The zero-order chi connectivity index (χ0) is 13.0. The number of rotatable bonds is 5. The van der Waals surface area contributed by atoms with E-state index in [0.29, 0.717) is 12.3 Å². The number of aliphatic carboxylic acids is 1. The summed E-state index contributed by atoms with van der Waals surface area (Å²) in [7, 11) is 0. The highest BCUT2D eigenvalue weighted by atomic mass is 16.4. The highest BCUT2D eigenvalue weighted by molar-refractivity contribution is 5.66. The molecule has 0 aliphatic rings. The van der Waals surface area contributed by atoms with E-state index in [1.807, 2.05) is 31.2 Å². The second-order valence-corrected chi connectivity index (χ2v) is 4.24. The summed E-state index contributed by atoms with van der Waals surface area (Å²) in [5.74, 6) is -0.133. The molecule has 2 aromatic rings. The highest BCUT2D eigenvalue weighted by Crippen LogP contribution is 2.19. The molecule has 0 aliphatic heterocycles. The first-order valence-electron chi connectivity index (χ1n) is 5.88. The molecule has 0 unspecified atom stereocenters. The van der Waals surface area contributed by atoms with Crippen LogP contribution in [-0.2, 0) is 11.2 Å². The quantitative estimate of drug-likeness (QED) is 0.879. The average Bonchev–Trinajstić information content (AvgIpc) is 2.76. The summed E-state index contributed by atoms with van der Waals surface area (Å²) in [6.45, 7) is 1.88. The van der Waals surface area contributed by atoms with Crippen LogP contribution in [0, 0.1) is 6.92 Å². The Morgan fingerprint density at radius 3 is 2.61 bits per heavy atom. The van der Waals surface area contributed by atoms with Gasteiger partial charge in [0.05, 0.1) is 5.69 Å². The van der Waals surface area contributed by atoms with Gasteiger partial charge in [0.25, 0.3) is 0 Å². The van der Waals surface area contributed by atoms with Crippen LogP contribution in [0.5, 0.6) is 0 Å². The number of carboxylic acids is 1. The van der Waals surface area contributed by atoms with Crippen molar-refractivity contribution in [1.82, 2.24) is 4.98 Å². The Morgan fingerprint density at radius 1 is 1.33 bits per heavy atom. The fourth-order valence-corrected chi connectivity index (χ4v) is 1.74. The number of oxazole rings is 1. The van der Waals surface area contributed by atoms with Crippen molar-refractivity contribution in [2.45, 2.75) is 26.2 Å². The van der Waals surface area contributed by atoms with Gasteiger partial charge in [0.2, 0.25) is 5.89 Å². The number of benzene rings is 1. The Bertz CT molecular complexity index is 528. The lowest BCUT2D eigenvalue weighted by molar-refractivity contribution is -0.137. The molecule has 1 N–H and O–H groups in total. The van der Waals surface area contributed by atoms with Crippen molar-refractivity contribution in [3.8, 4) is 11.5 Å². The molecular formula is C14H15NO3. The van der Waals surface area contributed by atoms with Crippen LogP contribution in [0.3, 0.4) is 0 Å². The van der Waals surface area contributed by atoms with Crippen molar-refractivity contribution < 1.29 is 14.3 Å². The summed E-state index contributed by atoms with van der Waals surface area (Å²) in [6, 6.07) is 7.86. The minimum Gasteiger partial charge on any atom is -0.481 e. The molecule has 0 saturated heterocycles. The molecule has 0 saturated carbocycles. The van der Waals surface area contributed by atoms with Gasteiger partial charge in [-0.15, -0.1) is 0 Å². The Hall–Kier alpha value is -2.10. The van der Waals surface area contributed by atoms with E-state index in [1.165, 1.54) is 0 Å². The lowest BCUT2D eigenvalue weighted by atomic mass is 10.1. The summed E-state index contributed by atoms with van der Waals surface area (Å²) >= 11 is 0. The molecule has 1 aromatic heterocycles. The number of hydrogen-bond acceptors (Lipinski definition) is 3. The van der Waals surface area contributed by atoms with E-state index < -0.39 is 5.97 Å². The van der Waals surface area contributed by atoms with E-state index in [1.54, 1.807) is 6.26 Å². The maximum absolute atomic E-state index is 10.4. The lowest BCUT2D eigenvalue weighted by Gasteiger charge is -2.01. The lowest BCUT2D eigenvalue weighted by Crippen LogP contribution is -1.95. The van der Waals surface area contributed by atoms with Gasteiger partial charge in [-0.1, -0.05) is 12.1 Å². The third kappa shape index (κ3) is 3.20. The van der Waals surface area contributed by atoms with Crippen LogP contribution in [0.4, 0.5) is 0 Å². The zero-order valence-corrected chi connectivity index (χ0v) is 10.2. The summed E-state index contributed by atoms with van der Waals surface area (Å²) in [6.07, 6.45) is 3.26. The minimum absolute atomic E-state index is 0.209. The van der Waals surface area contributed by atoms with Gasteiger partial charge in [0.15, 0.2) is 0 Å². The van der Waals surface area contributed by atoms with E-state index in [-0.39, 0.29) is 6.42 Å². The van der Waals surface area contributed by atoms with Crippen molar-refractivity contribution >= 4 is 5.97 Å². The first-order chi connectivity index (χ1) is 8.65. The minimum atomic E-state index is -0.748. The van der Waals surface area contributed by atoms with E-state index in [2.05, 4.69) is 4.98 Å². The molecule has 0 amide bonds. The standard InChI is InChI=1S/C14H15NO3/c1-10-9-18-14(15-10)12-7-5-11(6-8-12)3-2-4-13(16)17/h5-9H,2-4H2,1H3,(H,16,17). The van der Waals surface area contributed by atoms with Crippen LogP contribution < -0.4 is 0 Å². The molecule has 94 valence electrons. The topological polar surface area (TPSA) is 63.3 Å². The van der Waals surface area contributed by atoms with Crippen molar-refractivity contribution in [3.63, 3.8) is 0 Å². The number of aryl methyl sites for hydroxylation is 2. The Morgan fingerprint density at radius 2 is 2.06 bits per heavy atom. The maximum Gasteiger partial charge on any atom is 0.303 e. The third-order valence-electron chi connectivity index (χ3n) is 2.68. The summed E-state index contributed by atoms with van der Waals surface area (Å²) in [5, 5.41) is 8.57. The van der Waals surface area contributed by atoms with Gasteiger partial charge in [0.1, 0.15) is 6.26 Å². The van der Waals surface area contributed by atoms with Gasteiger partial charge in [-0.05, 0) is 37.5 Å². The number of aromatic nitrogens is 1. The molecule has 0 radical (unpaired) electrons. The second-order valence-electron chi connectivity index (χ2n) is 4.24. The molecule has 2 rings (SSSR count). The number of nitrogens with zero attached hydrogens (tertiary/aromatic N) is 1. The van der Waals surface area contributed by atoms with E-state index in [9.17, 15) is 4.79 Å². The highest BCUT2D eigenvalue weighted by Gasteiger charge is 2.04. The van der Waals surface area contributed by atoms with Gasteiger partial charge in [-0.3, -0.25) is 4.79 Å². The molecule has 1 heterocycles. The van der Waals surface area contributed by atoms with Crippen LogP contribution in [0.1, 0.15) is 24.1 Å². The molecule has 4 heteroatoms. The molecule has 1 aromatic carbocycles. The van der Waals surface area contributed by atoms with Crippen molar-refractivity contribution in [1.29, 1.82) is 0 Å². The molecule has 4 nitrogen and oxygen atoms in total. The van der Waals surface area contributed by atoms with Crippen LogP contribution in [-0.4, -0.2) is 16.1 Å². The Balaban J connectivity index is 1.99. The van der Waals surface area contributed by atoms with E-state index in [0.717, 1.165) is 23.2 Å². The molecule has 0 bridgehead atoms. The average molecular weight is 245 g/mol. The van der Waals surface area contributed by atoms with Crippen LogP contribution >= 0.6 is 0 Å². The van der Waals surface area contributed by atoms with Gasteiger partial charge >= 0.3 is 5.97 Å². The van der Waals surface area contributed by atoms with Crippen molar-refractivity contribution in [2.24, 2.45) is 0 Å². The van der Waals surface area contributed by atoms with Gasteiger partial charge < -0.3 is 9.52 Å².